The van der Waals surface area contributed by atoms with Crippen LogP contribution < -0.4 is 4.90 Å². The van der Waals surface area contributed by atoms with Crippen molar-refractivity contribution in [2.75, 3.05) is 11.9 Å². The van der Waals surface area contributed by atoms with E-state index in [1.807, 2.05) is 32.2 Å². The van der Waals surface area contributed by atoms with Gasteiger partial charge in [0.15, 0.2) is 0 Å². The summed E-state index contributed by atoms with van der Waals surface area (Å²) in [4.78, 5) is 11.1. The van der Waals surface area contributed by atoms with Crippen molar-refractivity contribution >= 4 is 17.4 Å². The Kier molecular flexibility index (Phi) is 4.61. The second-order valence-corrected chi connectivity index (χ2v) is 5.68. The number of rotatable bonds is 4. The fourth-order valence-corrected chi connectivity index (χ4v) is 2.23. The van der Waals surface area contributed by atoms with Gasteiger partial charge in [-0.05, 0) is 12.5 Å². The Balaban J connectivity index is 2.31. The lowest BCUT2D eigenvalue weighted by molar-refractivity contribution is 0.758. The Bertz CT molecular complexity index is 582. The van der Waals surface area contributed by atoms with E-state index in [1.165, 1.54) is 5.56 Å². The lowest BCUT2D eigenvalue weighted by Gasteiger charge is -2.22. The van der Waals surface area contributed by atoms with Gasteiger partial charge in [0, 0.05) is 25.1 Å². The van der Waals surface area contributed by atoms with E-state index in [0.29, 0.717) is 5.15 Å². The van der Waals surface area contributed by atoms with E-state index in [-0.39, 0.29) is 5.92 Å². The van der Waals surface area contributed by atoms with E-state index < -0.39 is 0 Å². The molecule has 0 aliphatic rings. The second-order valence-electron chi connectivity index (χ2n) is 5.32. The van der Waals surface area contributed by atoms with Gasteiger partial charge in [-0.25, -0.2) is 9.97 Å². The molecule has 1 aromatic carbocycles. The monoisotopic (exact) mass is 289 g/mol. The molecule has 0 atom stereocenters. The van der Waals surface area contributed by atoms with Crippen molar-refractivity contribution in [1.82, 2.24) is 9.97 Å². The molecule has 0 amide bonds. The van der Waals surface area contributed by atoms with Gasteiger partial charge < -0.3 is 4.90 Å². The fraction of sp³-hybridized carbons (Fsp3) is 0.375. The van der Waals surface area contributed by atoms with Crippen molar-refractivity contribution in [2.24, 2.45) is 0 Å². The maximum absolute atomic E-state index is 6.23. The zero-order valence-electron chi connectivity index (χ0n) is 12.4. The molecule has 1 heterocycles. The predicted molar refractivity (Wildman–Crippen MR) is 84.4 cm³/mol. The van der Waals surface area contributed by atoms with E-state index in [9.17, 15) is 0 Å². The first kappa shape index (κ1) is 14.8. The molecule has 2 rings (SSSR count). The van der Waals surface area contributed by atoms with E-state index in [0.717, 1.165) is 23.8 Å². The van der Waals surface area contributed by atoms with Gasteiger partial charge in [0.05, 0.1) is 0 Å². The molecule has 20 heavy (non-hydrogen) atoms. The van der Waals surface area contributed by atoms with Crippen LogP contribution in [-0.2, 0) is 6.54 Å². The van der Waals surface area contributed by atoms with Gasteiger partial charge >= 0.3 is 0 Å². The van der Waals surface area contributed by atoms with Gasteiger partial charge in [-0.3, -0.25) is 0 Å². The van der Waals surface area contributed by atoms with Gasteiger partial charge in [0.2, 0.25) is 0 Å². The molecule has 0 fully saturated rings. The normalized spacial score (nSPS) is 10.9. The highest BCUT2D eigenvalue weighted by atomic mass is 35.5. The van der Waals surface area contributed by atoms with Crippen LogP contribution in [0, 0.1) is 6.92 Å². The summed E-state index contributed by atoms with van der Waals surface area (Å²) in [5.74, 6) is 1.95. The van der Waals surface area contributed by atoms with Gasteiger partial charge in [-0.1, -0.05) is 55.8 Å². The molecule has 0 radical (unpaired) electrons. The van der Waals surface area contributed by atoms with E-state index in [1.54, 1.807) is 0 Å². The molecule has 1 aromatic heterocycles. The molecule has 106 valence electrons. The zero-order valence-corrected chi connectivity index (χ0v) is 13.1. The molecule has 0 aliphatic heterocycles. The number of benzene rings is 1. The van der Waals surface area contributed by atoms with E-state index in [4.69, 9.17) is 11.6 Å². The molecule has 0 saturated carbocycles. The van der Waals surface area contributed by atoms with Crippen molar-refractivity contribution in [3.8, 4) is 0 Å². The summed E-state index contributed by atoms with van der Waals surface area (Å²) >= 11 is 6.23. The van der Waals surface area contributed by atoms with Crippen LogP contribution in [0.1, 0.15) is 36.7 Å². The predicted octanol–water partition coefficient (Wildman–Crippen LogP) is 4.20. The van der Waals surface area contributed by atoms with Crippen LogP contribution in [-0.4, -0.2) is 17.0 Å². The van der Waals surface area contributed by atoms with Gasteiger partial charge in [0.1, 0.15) is 16.8 Å². The van der Waals surface area contributed by atoms with Gasteiger partial charge in [-0.2, -0.15) is 0 Å². The van der Waals surface area contributed by atoms with Gasteiger partial charge in [-0.15, -0.1) is 0 Å². The van der Waals surface area contributed by atoms with Crippen LogP contribution in [0.5, 0.6) is 0 Å². The number of aromatic nitrogens is 2. The van der Waals surface area contributed by atoms with Crippen molar-refractivity contribution in [3.63, 3.8) is 0 Å². The smallest absolute Gasteiger partial charge is 0.137 e. The summed E-state index contributed by atoms with van der Waals surface area (Å²) < 4.78 is 0. The molecule has 0 aliphatic carbocycles. The number of hydrogen-bond acceptors (Lipinski definition) is 3. The first-order chi connectivity index (χ1) is 9.49. The van der Waals surface area contributed by atoms with Crippen molar-refractivity contribution in [1.29, 1.82) is 0 Å². The summed E-state index contributed by atoms with van der Waals surface area (Å²) in [7, 11) is 2.03. The Labute approximate surface area is 125 Å². The first-order valence-electron chi connectivity index (χ1n) is 6.78. The summed E-state index contributed by atoms with van der Waals surface area (Å²) in [5.41, 5.74) is 2.17. The number of nitrogens with zero attached hydrogens (tertiary/aromatic N) is 3. The fourth-order valence-electron chi connectivity index (χ4n) is 2.06. The summed E-state index contributed by atoms with van der Waals surface area (Å²) in [6.45, 7) is 6.90. The number of anilines is 1. The third-order valence-electron chi connectivity index (χ3n) is 3.22. The quantitative estimate of drug-likeness (QED) is 0.790. The molecular formula is C16H20ClN3. The van der Waals surface area contributed by atoms with Crippen molar-refractivity contribution in [2.45, 2.75) is 33.2 Å². The van der Waals surface area contributed by atoms with Crippen LogP contribution in [0.25, 0.3) is 0 Å². The highest BCUT2D eigenvalue weighted by molar-refractivity contribution is 6.30. The van der Waals surface area contributed by atoms with E-state index in [2.05, 4.69) is 40.8 Å². The van der Waals surface area contributed by atoms with Crippen LogP contribution in [0.2, 0.25) is 5.15 Å². The van der Waals surface area contributed by atoms with Crippen LogP contribution >= 0.6 is 11.6 Å². The Morgan fingerprint density at radius 1 is 1.15 bits per heavy atom. The molecular weight excluding hydrogens is 270 g/mol. The number of hydrogen-bond donors (Lipinski definition) is 0. The summed E-state index contributed by atoms with van der Waals surface area (Å²) in [5, 5.41) is 0.540. The first-order valence-corrected chi connectivity index (χ1v) is 7.16. The topological polar surface area (TPSA) is 29.0 Å². The SMILES string of the molecule is Cc1c(Cl)nc(C(C)C)nc1N(C)Cc1ccccc1. The lowest BCUT2D eigenvalue weighted by Crippen LogP contribution is -2.20. The summed E-state index contributed by atoms with van der Waals surface area (Å²) in [6, 6.07) is 10.3. The highest BCUT2D eigenvalue weighted by Crippen LogP contribution is 2.26. The molecule has 3 nitrogen and oxygen atoms in total. The Morgan fingerprint density at radius 2 is 1.80 bits per heavy atom. The molecule has 0 spiro atoms. The maximum Gasteiger partial charge on any atom is 0.137 e. The standard InChI is InChI=1S/C16H20ClN3/c1-11(2)15-18-14(17)12(3)16(19-15)20(4)10-13-8-6-5-7-9-13/h5-9,11H,10H2,1-4H3. The molecule has 0 N–H and O–H groups in total. The molecule has 0 saturated heterocycles. The Hall–Kier alpha value is -1.61. The molecule has 2 aromatic rings. The van der Waals surface area contributed by atoms with Crippen molar-refractivity contribution in [3.05, 3.63) is 52.4 Å². The van der Waals surface area contributed by atoms with Crippen LogP contribution in [0.4, 0.5) is 5.82 Å². The largest absolute Gasteiger partial charge is 0.355 e. The zero-order chi connectivity index (χ0) is 14.7. The van der Waals surface area contributed by atoms with Crippen LogP contribution in [0.3, 0.4) is 0 Å². The minimum atomic E-state index is 0.261. The third kappa shape index (κ3) is 3.28. The molecule has 0 unspecified atom stereocenters. The minimum absolute atomic E-state index is 0.261. The van der Waals surface area contributed by atoms with E-state index >= 15 is 0 Å². The van der Waals surface area contributed by atoms with Crippen molar-refractivity contribution < 1.29 is 0 Å². The summed E-state index contributed by atoms with van der Waals surface area (Å²) in [6.07, 6.45) is 0. The van der Waals surface area contributed by atoms with Gasteiger partial charge in [0.25, 0.3) is 0 Å². The minimum Gasteiger partial charge on any atom is -0.355 e. The average molecular weight is 290 g/mol. The number of halogens is 1. The lowest BCUT2D eigenvalue weighted by atomic mass is 10.2. The average Bonchev–Trinajstić information content (AvgIpc) is 2.42. The second kappa shape index (κ2) is 6.23. The van der Waals surface area contributed by atoms with Crippen LogP contribution in [0.15, 0.2) is 30.3 Å². The Morgan fingerprint density at radius 3 is 2.40 bits per heavy atom. The molecule has 0 bridgehead atoms. The third-order valence-corrected chi connectivity index (χ3v) is 3.59. The maximum atomic E-state index is 6.23. The molecule has 4 heteroatoms. The highest BCUT2D eigenvalue weighted by Gasteiger charge is 2.15.